The molecule has 2 aromatic rings. The van der Waals surface area contributed by atoms with Crippen molar-refractivity contribution in [1.82, 2.24) is 5.32 Å². The maximum Gasteiger partial charge on any atom is 0.231 e. The van der Waals surface area contributed by atoms with Crippen molar-refractivity contribution >= 4 is 5.69 Å². The van der Waals surface area contributed by atoms with Crippen LogP contribution in [0.3, 0.4) is 0 Å². The van der Waals surface area contributed by atoms with Crippen LogP contribution in [0.1, 0.15) is 11.1 Å². The monoisotopic (exact) mass is 270 g/mol. The highest BCUT2D eigenvalue weighted by Crippen LogP contribution is 2.32. The second kappa shape index (κ2) is 5.84. The molecule has 0 unspecified atom stereocenters. The lowest BCUT2D eigenvalue weighted by Gasteiger charge is -2.06. The molecule has 20 heavy (non-hydrogen) atoms. The molecule has 0 saturated heterocycles. The Morgan fingerprint density at radius 1 is 1.00 bits per heavy atom. The summed E-state index contributed by atoms with van der Waals surface area (Å²) in [6.45, 7) is 2.05. The molecule has 0 amide bonds. The molecule has 0 atom stereocenters. The predicted octanol–water partition coefficient (Wildman–Crippen LogP) is 2.33. The van der Waals surface area contributed by atoms with Gasteiger partial charge in [0.2, 0.25) is 6.79 Å². The number of hydrogen-bond acceptors (Lipinski definition) is 4. The van der Waals surface area contributed by atoms with Gasteiger partial charge in [0.15, 0.2) is 11.5 Å². The van der Waals surface area contributed by atoms with E-state index in [4.69, 9.17) is 15.2 Å². The van der Waals surface area contributed by atoms with Gasteiger partial charge in [-0.1, -0.05) is 18.2 Å². The van der Waals surface area contributed by atoms with Gasteiger partial charge in [-0.15, -0.1) is 0 Å². The lowest BCUT2D eigenvalue weighted by Crippen LogP contribution is -2.16. The molecule has 1 aliphatic rings. The van der Waals surface area contributed by atoms with Gasteiger partial charge in [-0.25, -0.2) is 0 Å². The van der Waals surface area contributed by atoms with Crippen molar-refractivity contribution in [2.75, 3.05) is 19.1 Å². The fraction of sp³-hybridized carbons (Fsp3) is 0.250. The van der Waals surface area contributed by atoms with Crippen molar-refractivity contribution in [1.29, 1.82) is 0 Å². The summed E-state index contributed by atoms with van der Waals surface area (Å²) >= 11 is 0. The molecular weight excluding hydrogens is 252 g/mol. The van der Waals surface area contributed by atoms with E-state index in [0.717, 1.165) is 36.7 Å². The highest BCUT2D eigenvalue weighted by atomic mass is 16.7. The van der Waals surface area contributed by atoms with Crippen molar-refractivity contribution in [2.45, 2.75) is 13.0 Å². The lowest BCUT2D eigenvalue weighted by atomic mass is 10.1. The highest BCUT2D eigenvalue weighted by molar-refractivity contribution is 5.44. The first kappa shape index (κ1) is 12.8. The Balaban J connectivity index is 1.48. The van der Waals surface area contributed by atoms with Crippen molar-refractivity contribution in [2.24, 2.45) is 0 Å². The van der Waals surface area contributed by atoms with Crippen LogP contribution in [0.5, 0.6) is 11.5 Å². The molecule has 3 rings (SSSR count). The minimum absolute atomic E-state index is 0.321. The van der Waals surface area contributed by atoms with Crippen molar-refractivity contribution in [3.05, 3.63) is 53.6 Å². The van der Waals surface area contributed by atoms with Crippen LogP contribution in [0.4, 0.5) is 5.69 Å². The summed E-state index contributed by atoms with van der Waals surface area (Å²) in [6, 6.07) is 14.0. The van der Waals surface area contributed by atoms with Crippen LogP contribution < -0.4 is 20.5 Å². The molecule has 0 aromatic heterocycles. The van der Waals surface area contributed by atoms with E-state index in [1.54, 1.807) is 0 Å². The van der Waals surface area contributed by atoms with Gasteiger partial charge in [-0.3, -0.25) is 0 Å². The number of fused-ring (bicyclic) bond motifs is 1. The van der Waals surface area contributed by atoms with Crippen LogP contribution in [0, 0.1) is 0 Å². The fourth-order valence-corrected chi connectivity index (χ4v) is 2.26. The van der Waals surface area contributed by atoms with E-state index in [-0.39, 0.29) is 0 Å². The van der Waals surface area contributed by atoms with Crippen molar-refractivity contribution in [3.63, 3.8) is 0 Å². The number of ether oxygens (including phenoxy) is 2. The third-order valence-electron chi connectivity index (χ3n) is 3.31. The van der Waals surface area contributed by atoms with Crippen LogP contribution in [0.15, 0.2) is 42.5 Å². The second-order valence-electron chi connectivity index (χ2n) is 4.86. The average molecular weight is 270 g/mol. The second-order valence-corrected chi connectivity index (χ2v) is 4.86. The zero-order valence-electron chi connectivity index (χ0n) is 11.3. The van der Waals surface area contributed by atoms with Crippen molar-refractivity contribution < 1.29 is 9.47 Å². The van der Waals surface area contributed by atoms with Crippen LogP contribution >= 0.6 is 0 Å². The van der Waals surface area contributed by atoms with E-state index in [9.17, 15) is 0 Å². The Labute approximate surface area is 118 Å². The lowest BCUT2D eigenvalue weighted by molar-refractivity contribution is 0.174. The van der Waals surface area contributed by atoms with Crippen molar-refractivity contribution in [3.8, 4) is 11.5 Å². The van der Waals surface area contributed by atoms with Gasteiger partial charge >= 0.3 is 0 Å². The normalized spacial score (nSPS) is 12.6. The molecule has 0 aliphatic carbocycles. The maximum absolute atomic E-state index is 5.76. The summed E-state index contributed by atoms with van der Waals surface area (Å²) in [5.41, 5.74) is 9.03. The van der Waals surface area contributed by atoms with Gasteiger partial charge in [-0.05, 0) is 48.4 Å². The molecule has 0 spiro atoms. The van der Waals surface area contributed by atoms with Gasteiger partial charge in [0.1, 0.15) is 0 Å². The Hall–Kier alpha value is -2.20. The van der Waals surface area contributed by atoms with Gasteiger partial charge < -0.3 is 20.5 Å². The molecular formula is C16H18N2O2. The quantitative estimate of drug-likeness (QED) is 0.647. The minimum atomic E-state index is 0.321. The Morgan fingerprint density at radius 2 is 1.90 bits per heavy atom. The standard InChI is InChI=1S/C16H18N2O2/c17-14-3-1-2-12(8-14)6-7-18-10-13-4-5-15-16(9-13)20-11-19-15/h1-5,8-9,18H,6-7,10-11,17H2. The molecule has 0 fully saturated rings. The zero-order chi connectivity index (χ0) is 13.8. The van der Waals surface area contributed by atoms with Crippen LogP contribution in [0.25, 0.3) is 0 Å². The Bertz CT molecular complexity index is 599. The smallest absolute Gasteiger partial charge is 0.231 e. The summed E-state index contributed by atoms with van der Waals surface area (Å²) in [7, 11) is 0. The van der Waals surface area contributed by atoms with Gasteiger partial charge in [0.05, 0.1) is 0 Å². The topological polar surface area (TPSA) is 56.5 Å². The molecule has 0 bridgehead atoms. The summed E-state index contributed by atoms with van der Waals surface area (Å²) < 4.78 is 10.7. The molecule has 1 heterocycles. The van der Waals surface area contributed by atoms with E-state index >= 15 is 0 Å². The predicted molar refractivity (Wildman–Crippen MR) is 78.8 cm³/mol. The number of benzene rings is 2. The number of nitrogen functional groups attached to an aromatic ring is 1. The third kappa shape index (κ3) is 3.03. The molecule has 4 nitrogen and oxygen atoms in total. The van der Waals surface area contributed by atoms with Gasteiger partial charge in [0, 0.05) is 12.2 Å². The Morgan fingerprint density at radius 3 is 2.80 bits per heavy atom. The molecule has 104 valence electrons. The minimum Gasteiger partial charge on any atom is -0.454 e. The molecule has 0 radical (unpaired) electrons. The molecule has 3 N–H and O–H groups in total. The first-order valence-corrected chi connectivity index (χ1v) is 6.75. The fourth-order valence-electron chi connectivity index (χ4n) is 2.26. The van der Waals surface area contributed by atoms with E-state index in [1.165, 1.54) is 11.1 Å². The zero-order valence-corrected chi connectivity index (χ0v) is 11.3. The Kier molecular flexibility index (Phi) is 3.74. The molecule has 0 saturated carbocycles. The molecule has 4 heteroatoms. The summed E-state index contributed by atoms with van der Waals surface area (Å²) in [4.78, 5) is 0. The summed E-state index contributed by atoms with van der Waals surface area (Å²) in [5.74, 6) is 1.66. The first-order chi connectivity index (χ1) is 9.81. The SMILES string of the molecule is Nc1cccc(CCNCc2ccc3c(c2)OCO3)c1. The number of nitrogens with one attached hydrogen (secondary N) is 1. The first-order valence-electron chi connectivity index (χ1n) is 6.75. The average Bonchev–Trinajstić information content (AvgIpc) is 2.91. The van der Waals surface area contributed by atoms with Gasteiger partial charge in [0.25, 0.3) is 0 Å². The molecule has 2 aromatic carbocycles. The van der Waals surface area contributed by atoms with Crippen LogP contribution in [0.2, 0.25) is 0 Å². The molecule has 1 aliphatic heterocycles. The van der Waals surface area contributed by atoms with Gasteiger partial charge in [-0.2, -0.15) is 0 Å². The number of anilines is 1. The number of hydrogen-bond donors (Lipinski definition) is 2. The largest absolute Gasteiger partial charge is 0.454 e. The number of rotatable bonds is 5. The van der Waals surface area contributed by atoms with E-state index < -0.39 is 0 Å². The maximum atomic E-state index is 5.76. The van der Waals surface area contributed by atoms with Crippen LogP contribution in [-0.2, 0) is 13.0 Å². The highest BCUT2D eigenvalue weighted by Gasteiger charge is 2.12. The van der Waals surface area contributed by atoms with E-state index in [2.05, 4.69) is 17.4 Å². The number of nitrogens with two attached hydrogens (primary N) is 1. The van der Waals surface area contributed by atoms with E-state index in [0.29, 0.717) is 6.79 Å². The van der Waals surface area contributed by atoms with E-state index in [1.807, 2.05) is 30.3 Å². The summed E-state index contributed by atoms with van der Waals surface area (Å²) in [6.07, 6.45) is 0.968. The summed E-state index contributed by atoms with van der Waals surface area (Å²) in [5, 5.41) is 3.42. The van der Waals surface area contributed by atoms with Crippen LogP contribution in [-0.4, -0.2) is 13.3 Å². The third-order valence-corrected chi connectivity index (χ3v) is 3.31.